The topological polar surface area (TPSA) is 71.3 Å². The Balaban J connectivity index is 1.66. The number of halogens is 2. The van der Waals surface area contributed by atoms with Crippen molar-refractivity contribution in [3.05, 3.63) is 107 Å². The number of aryl methyl sites for hydroxylation is 2. The van der Waals surface area contributed by atoms with E-state index in [-0.39, 0.29) is 17.7 Å². The number of benzene rings is 3. The molecule has 1 aliphatic heterocycles. The van der Waals surface area contributed by atoms with Crippen LogP contribution in [0.25, 0.3) is 17.0 Å². The average Bonchev–Trinajstić information content (AvgIpc) is 3.32. The van der Waals surface area contributed by atoms with Crippen molar-refractivity contribution >= 4 is 17.3 Å². The number of hydrogen-bond acceptors (Lipinski definition) is 4. The standard InChI is InChI=1S/C27H22F2N4O2/c1-15-4-5-19(14-16(15)2)24-23(26-31-25(32-35-26)18-6-8-20(28)9-7-18)17(3)33(27(34)30-24)22-12-10-21(29)11-13-22/h4-14,24H,1-3H3,(H,30,34). The van der Waals surface area contributed by atoms with Crippen molar-refractivity contribution in [2.45, 2.75) is 26.8 Å². The number of rotatable bonds is 4. The van der Waals surface area contributed by atoms with Gasteiger partial charge in [-0.05, 0) is 86.0 Å². The fourth-order valence-electron chi connectivity index (χ4n) is 4.16. The monoisotopic (exact) mass is 472 g/mol. The van der Waals surface area contributed by atoms with Crippen molar-refractivity contribution < 1.29 is 18.1 Å². The third-order valence-corrected chi connectivity index (χ3v) is 6.19. The second kappa shape index (κ2) is 8.79. The summed E-state index contributed by atoms with van der Waals surface area (Å²) in [5.41, 5.74) is 5.33. The predicted molar refractivity (Wildman–Crippen MR) is 128 cm³/mol. The number of urea groups is 1. The average molecular weight is 472 g/mol. The highest BCUT2D eigenvalue weighted by Crippen LogP contribution is 2.39. The highest BCUT2D eigenvalue weighted by Gasteiger charge is 2.36. The molecule has 2 heterocycles. The lowest BCUT2D eigenvalue weighted by molar-refractivity contribution is 0.244. The SMILES string of the molecule is CC1=C(c2nc(-c3ccc(F)cc3)no2)C(c2ccc(C)c(C)c2)NC(=O)N1c1ccc(F)cc1. The van der Waals surface area contributed by atoms with E-state index in [0.717, 1.165) is 16.7 Å². The van der Waals surface area contributed by atoms with Crippen LogP contribution in [0, 0.1) is 25.5 Å². The molecule has 1 atom stereocenters. The highest BCUT2D eigenvalue weighted by atomic mass is 19.1. The zero-order valence-corrected chi connectivity index (χ0v) is 19.3. The molecule has 35 heavy (non-hydrogen) atoms. The van der Waals surface area contributed by atoms with Crippen LogP contribution < -0.4 is 10.2 Å². The molecule has 8 heteroatoms. The molecule has 0 aliphatic carbocycles. The largest absolute Gasteiger partial charge is 0.334 e. The van der Waals surface area contributed by atoms with Gasteiger partial charge in [-0.2, -0.15) is 4.98 Å². The van der Waals surface area contributed by atoms with Crippen LogP contribution in [0.1, 0.15) is 35.5 Å². The second-order valence-electron chi connectivity index (χ2n) is 8.47. The molecule has 1 aliphatic rings. The quantitative estimate of drug-likeness (QED) is 0.377. The summed E-state index contributed by atoms with van der Waals surface area (Å²) in [6.07, 6.45) is 0. The first kappa shape index (κ1) is 22.5. The van der Waals surface area contributed by atoms with Gasteiger partial charge in [0.1, 0.15) is 11.6 Å². The van der Waals surface area contributed by atoms with Gasteiger partial charge in [-0.1, -0.05) is 23.4 Å². The maximum Gasteiger partial charge on any atom is 0.326 e. The molecule has 3 aromatic carbocycles. The second-order valence-corrected chi connectivity index (χ2v) is 8.47. The van der Waals surface area contributed by atoms with Crippen molar-refractivity contribution in [3.8, 4) is 11.4 Å². The third kappa shape index (κ3) is 4.19. The maximum atomic E-state index is 13.5. The fourth-order valence-corrected chi connectivity index (χ4v) is 4.16. The minimum absolute atomic E-state index is 0.220. The van der Waals surface area contributed by atoms with E-state index < -0.39 is 11.9 Å². The van der Waals surface area contributed by atoms with Gasteiger partial charge in [0, 0.05) is 11.3 Å². The number of nitrogens with one attached hydrogen (secondary N) is 1. The Morgan fingerprint density at radius 1 is 0.886 bits per heavy atom. The lowest BCUT2D eigenvalue weighted by atomic mass is 9.92. The van der Waals surface area contributed by atoms with Gasteiger partial charge in [0.2, 0.25) is 5.82 Å². The molecule has 0 saturated heterocycles. The Kier molecular flexibility index (Phi) is 5.64. The van der Waals surface area contributed by atoms with Crippen molar-refractivity contribution in [3.63, 3.8) is 0 Å². The van der Waals surface area contributed by atoms with Crippen LogP contribution in [0.3, 0.4) is 0 Å². The minimum atomic E-state index is -0.556. The molecule has 1 unspecified atom stereocenters. The summed E-state index contributed by atoms with van der Waals surface area (Å²) in [6, 6.07) is 16.5. The van der Waals surface area contributed by atoms with Gasteiger partial charge in [0.05, 0.1) is 17.3 Å². The molecular formula is C27H22F2N4O2. The van der Waals surface area contributed by atoms with E-state index in [2.05, 4.69) is 15.5 Å². The van der Waals surface area contributed by atoms with Gasteiger partial charge in [0.15, 0.2) is 0 Å². The summed E-state index contributed by atoms with van der Waals surface area (Å²) >= 11 is 0. The Hall–Kier alpha value is -4.33. The third-order valence-electron chi connectivity index (χ3n) is 6.19. The van der Waals surface area contributed by atoms with E-state index in [0.29, 0.717) is 28.3 Å². The summed E-state index contributed by atoms with van der Waals surface area (Å²) in [5, 5.41) is 7.13. The molecule has 2 amide bonds. The molecule has 5 rings (SSSR count). The lowest BCUT2D eigenvalue weighted by Gasteiger charge is -2.35. The summed E-state index contributed by atoms with van der Waals surface area (Å²) in [6.45, 7) is 5.81. The molecule has 0 spiro atoms. The molecule has 4 aromatic rings. The van der Waals surface area contributed by atoms with Gasteiger partial charge in [-0.25, -0.2) is 13.6 Å². The van der Waals surface area contributed by atoms with Gasteiger partial charge in [0.25, 0.3) is 5.89 Å². The number of allylic oxidation sites excluding steroid dienone is 1. The van der Waals surface area contributed by atoms with Crippen LogP contribution in [0.2, 0.25) is 0 Å². The molecule has 0 bridgehead atoms. The van der Waals surface area contributed by atoms with Crippen LogP contribution in [-0.2, 0) is 0 Å². The minimum Gasteiger partial charge on any atom is -0.334 e. The van der Waals surface area contributed by atoms with Crippen LogP contribution in [-0.4, -0.2) is 16.2 Å². The smallest absolute Gasteiger partial charge is 0.326 e. The lowest BCUT2D eigenvalue weighted by Crippen LogP contribution is -2.46. The Labute approximate surface area is 200 Å². The number of nitrogens with zero attached hydrogens (tertiary/aromatic N) is 3. The van der Waals surface area contributed by atoms with Crippen LogP contribution in [0.5, 0.6) is 0 Å². The molecule has 6 nitrogen and oxygen atoms in total. The molecule has 0 radical (unpaired) electrons. The van der Waals surface area contributed by atoms with E-state index >= 15 is 0 Å². The normalized spacial score (nSPS) is 16.0. The Morgan fingerprint density at radius 2 is 1.54 bits per heavy atom. The van der Waals surface area contributed by atoms with Gasteiger partial charge >= 0.3 is 6.03 Å². The molecular weight excluding hydrogens is 450 g/mol. The first-order valence-corrected chi connectivity index (χ1v) is 11.1. The van der Waals surface area contributed by atoms with Crippen LogP contribution >= 0.6 is 0 Å². The highest BCUT2D eigenvalue weighted by molar-refractivity contribution is 6.01. The molecule has 0 fully saturated rings. The van der Waals surface area contributed by atoms with Crippen molar-refractivity contribution in [2.75, 3.05) is 4.90 Å². The van der Waals surface area contributed by atoms with Crippen molar-refractivity contribution in [1.29, 1.82) is 0 Å². The predicted octanol–water partition coefficient (Wildman–Crippen LogP) is 6.33. The van der Waals surface area contributed by atoms with Gasteiger partial charge < -0.3 is 9.84 Å². The Bertz CT molecular complexity index is 1440. The summed E-state index contributed by atoms with van der Waals surface area (Å²) in [5.74, 6) is -0.251. The van der Waals surface area contributed by atoms with Crippen molar-refractivity contribution in [1.82, 2.24) is 15.5 Å². The number of amides is 2. The van der Waals surface area contributed by atoms with E-state index in [1.165, 1.54) is 41.3 Å². The molecule has 0 saturated carbocycles. The zero-order valence-electron chi connectivity index (χ0n) is 19.3. The first-order valence-electron chi connectivity index (χ1n) is 11.1. The maximum absolute atomic E-state index is 13.5. The van der Waals surface area contributed by atoms with E-state index in [9.17, 15) is 13.6 Å². The Morgan fingerprint density at radius 3 is 2.20 bits per heavy atom. The number of carbonyl (C=O) groups excluding carboxylic acids is 1. The summed E-state index contributed by atoms with van der Waals surface area (Å²) in [4.78, 5) is 19.3. The van der Waals surface area contributed by atoms with E-state index in [4.69, 9.17) is 4.52 Å². The molecule has 1 N–H and O–H groups in total. The summed E-state index contributed by atoms with van der Waals surface area (Å²) < 4.78 is 32.6. The van der Waals surface area contributed by atoms with Gasteiger partial charge in [-0.15, -0.1) is 0 Å². The van der Waals surface area contributed by atoms with E-state index in [1.807, 2.05) is 32.0 Å². The first-order chi connectivity index (χ1) is 16.8. The van der Waals surface area contributed by atoms with Crippen LogP contribution in [0.15, 0.2) is 77.0 Å². The fraction of sp³-hybridized carbons (Fsp3) is 0.148. The molecule has 1 aromatic heterocycles. The van der Waals surface area contributed by atoms with Gasteiger partial charge in [-0.3, -0.25) is 4.90 Å². The molecule has 176 valence electrons. The van der Waals surface area contributed by atoms with Crippen LogP contribution in [0.4, 0.5) is 19.3 Å². The number of hydrogen-bond donors (Lipinski definition) is 1. The van der Waals surface area contributed by atoms with E-state index in [1.54, 1.807) is 19.1 Å². The number of aromatic nitrogens is 2. The number of anilines is 1. The number of carbonyl (C=O) groups is 1. The van der Waals surface area contributed by atoms with Crippen molar-refractivity contribution in [2.24, 2.45) is 0 Å². The summed E-state index contributed by atoms with van der Waals surface area (Å²) in [7, 11) is 0. The zero-order chi connectivity index (χ0) is 24.7.